The van der Waals surface area contributed by atoms with Crippen molar-refractivity contribution in [3.8, 4) is 18.0 Å². The summed E-state index contributed by atoms with van der Waals surface area (Å²) in [6.07, 6.45) is 0.795. The van der Waals surface area contributed by atoms with Gasteiger partial charge >= 0.3 is 0 Å². The van der Waals surface area contributed by atoms with Crippen molar-refractivity contribution in [3.05, 3.63) is 29.3 Å². The van der Waals surface area contributed by atoms with E-state index in [1.54, 1.807) is 45.3 Å². The maximum Gasteiger partial charge on any atom is 0.209 e. The van der Waals surface area contributed by atoms with Crippen LogP contribution < -0.4 is 15.4 Å². The summed E-state index contributed by atoms with van der Waals surface area (Å²) in [5, 5.41) is 34.8. The highest BCUT2D eigenvalue weighted by molar-refractivity contribution is 5.81. The molecule has 25 heavy (non-hydrogen) atoms. The molecule has 3 N–H and O–H groups in total. The monoisotopic (exact) mass is 343 g/mol. The van der Waals surface area contributed by atoms with Gasteiger partial charge < -0.3 is 25.2 Å². The summed E-state index contributed by atoms with van der Waals surface area (Å²) in [6, 6.07) is 6.49. The molecule has 1 heterocycles. The summed E-state index contributed by atoms with van der Waals surface area (Å²) in [6.45, 7) is 4.42. The summed E-state index contributed by atoms with van der Waals surface area (Å²) >= 11 is 0. The van der Waals surface area contributed by atoms with E-state index < -0.39 is 17.7 Å². The van der Waals surface area contributed by atoms with Gasteiger partial charge in [0.05, 0.1) is 24.3 Å². The van der Waals surface area contributed by atoms with Crippen LogP contribution in [-0.2, 0) is 4.74 Å². The van der Waals surface area contributed by atoms with Crippen LogP contribution in [0.3, 0.4) is 0 Å². The van der Waals surface area contributed by atoms with Crippen LogP contribution in [0.25, 0.3) is 0 Å². The van der Waals surface area contributed by atoms with Crippen molar-refractivity contribution < 1.29 is 14.6 Å². The van der Waals surface area contributed by atoms with Gasteiger partial charge in [-0.05, 0) is 32.0 Å². The van der Waals surface area contributed by atoms with Crippen LogP contribution in [0, 0.1) is 22.8 Å². The van der Waals surface area contributed by atoms with Gasteiger partial charge in [0.1, 0.15) is 17.5 Å². The Hall–Kier alpha value is -2.81. The third-order valence-corrected chi connectivity index (χ3v) is 3.93. The van der Waals surface area contributed by atoms with Crippen LogP contribution >= 0.6 is 0 Å². The van der Waals surface area contributed by atoms with Crippen LogP contribution in [-0.4, -0.2) is 43.0 Å². The molecule has 132 valence electrons. The fraction of sp³-hybridized carbons (Fsp3) is 0.471. The van der Waals surface area contributed by atoms with Crippen molar-refractivity contribution in [3.63, 3.8) is 0 Å². The van der Waals surface area contributed by atoms with Crippen molar-refractivity contribution in [1.29, 1.82) is 10.5 Å². The largest absolute Gasteiger partial charge is 0.485 e. The minimum atomic E-state index is -0.929. The number of nitrogens with zero attached hydrogens (tertiary/aromatic N) is 3. The molecule has 0 bridgehead atoms. The van der Waals surface area contributed by atoms with Gasteiger partial charge in [0.15, 0.2) is 0 Å². The number of hydrogen-bond acceptors (Lipinski definition) is 6. The molecule has 2 rings (SSSR count). The lowest BCUT2D eigenvalue weighted by Gasteiger charge is -2.42. The Morgan fingerprint density at radius 1 is 1.44 bits per heavy atom. The van der Waals surface area contributed by atoms with Crippen LogP contribution in [0.4, 0.5) is 0 Å². The van der Waals surface area contributed by atoms with Crippen LogP contribution in [0.2, 0.25) is 0 Å². The summed E-state index contributed by atoms with van der Waals surface area (Å²) in [5.74, 6) is 0.787. The molecular weight excluding hydrogens is 322 g/mol. The van der Waals surface area contributed by atoms with E-state index in [2.05, 4.69) is 21.7 Å². The lowest BCUT2D eigenvalue weighted by Crippen LogP contribution is -2.55. The van der Waals surface area contributed by atoms with Crippen LogP contribution in [0.1, 0.15) is 31.0 Å². The van der Waals surface area contributed by atoms with Gasteiger partial charge in [-0.2, -0.15) is 10.5 Å². The van der Waals surface area contributed by atoms with Gasteiger partial charge in [-0.3, -0.25) is 0 Å². The number of fused-ring (bicyclic) bond motifs is 1. The maximum atomic E-state index is 10.7. The average Bonchev–Trinajstić information content (AvgIpc) is 2.58. The molecule has 1 aliphatic rings. The first-order valence-corrected chi connectivity index (χ1v) is 7.80. The van der Waals surface area contributed by atoms with E-state index in [4.69, 9.17) is 20.0 Å². The van der Waals surface area contributed by atoms with Gasteiger partial charge in [0, 0.05) is 19.2 Å². The van der Waals surface area contributed by atoms with E-state index in [9.17, 15) is 5.11 Å². The Bertz CT molecular complexity index is 733. The number of benzene rings is 1. The molecule has 0 spiro atoms. The van der Waals surface area contributed by atoms with Gasteiger partial charge in [-0.1, -0.05) is 0 Å². The number of aliphatic hydroxyl groups is 1. The smallest absolute Gasteiger partial charge is 0.209 e. The number of hydrogen-bond donors (Lipinski definition) is 3. The standard InChI is InChI=1S/C17H21N5O3/c1-17(2)15(23)14(22-16(21-10-19)20-6-7-24-3)12-8-11(9-18)4-5-13(12)25-17/h4-5,8,14-15,23H,6-7H2,1-3H3,(H2,20,21,22)/t14-,15+/m1/s1. The number of nitrogens with one attached hydrogen (secondary N) is 2. The quantitative estimate of drug-likeness (QED) is 0.320. The average molecular weight is 343 g/mol. The summed E-state index contributed by atoms with van der Waals surface area (Å²) < 4.78 is 10.8. The number of rotatable bonds is 4. The second kappa shape index (κ2) is 7.84. The highest BCUT2D eigenvalue weighted by atomic mass is 16.5. The first-order valence-electron chi connectivity index (χ1n) is 7.80. The predicted octanol–water partition coefficient (Wildman–Crippen LogP) is 0.794. The third kappa shape index (κ3) is 4.18. The Morgan fingerprint density at radius 3 is 2.84 bits per heavy atom. The fourth-order valence-electron chi connectivity index (χ4n) is 2.62. The maximum absolute atomic E-state index is 10.7. The molecule has 8 heteroatoms. The summed E-state index contributed by atoms with van der Waals surface area (Å²) in [7, 11) is 1.57. The second-order valence-corrected chi connectivity index (χ2v) is 6.12. The SMILES string of the molecule is COCCNC(=NC#N)N[C@@H]1c2cc(C#N)ccc2OC(C)(C)[C@H]1O. The lowest BCUT2D eigenvalue weighted by molar-refractivity contribution is -0.0612. The van der Waals surface area contributed by atoms with E-state index in [-0.39, 0.29) is 5.96 Å². The van der Waals surface area contributed by atoms with E-state index in [0.29, 0.717) is 30.0 Å². The molecule has 0 aromatic heterocycles. The fourth-order valence-corrected chi connectivity index (χ4v) is 2.62. The molecular formula is C17H21N5O3. The van der Waals surface area contributed by atoms with Crippen molar-refractivity contribution in [2.45, 2.75) is 31.6 Å². The highest BCUT2D eigenvalue weighted by Crippen LogP contribution is 2.40. The molecule has 2 atom stereocenters. The molecule has 0 aliphatic carbocycles. The predicted molar refractivity (Wildman–Crippen MR) is 90.7 cm³/mol. The summed E-state index contributed by atoms with van der Waals surface area (Å²) in [5.41, 5.74) is 0.223. The van der Waals surface area contributed by atoms with E-state index >= 15 is 0 Å². The van der Waals surface area contributed by atoms with Gasteiger partial charge in [-0.15, -0.1) is 4.99 Å². The molecule has 8 nitrogen and oxygen atoms in total. The molecule has 0 saturated carbocycles. The van der Waals surface area contributed by atoms with Gasteiger partial charge in [0.2, 0.25) is 12.2 Å². The molecule has 1 aliphatic heterocycles. The highest BCUT2D eigenvalue weighted by Gasteiger charge is 2.43. The number of guanidine groups is 1. The Balaban J connectivity index is 2.35. The van der Waals surface area contributed by atoms with Crippen molar-refractivity contribution in [2.75, 3.05) is 20.3 Å². The van der Waals surface area contributed by atoms with Crippen LogP contribution in [0.5, 0.6) is 5.75 Å². The molecule has 0 fully saturated rings. The number of methoxy groups -OCH3 is 1. The number of nitriles is 2. The number of aliphatic imine (C=N–C) groups is 1. The minimum absolute atomic E-state index is 0.217. The van der Waals surface area contributed by atoms with Crippen molar-refractivity contribution >= 4 is 5.96 Å². The molecule has 0 amide bonds. The van der Waals surface area contributed by atoms with E-state index in [1.807, 2.05) is 0 Å². The second-order valence-electron chi connectivity index (χ2n) is 6.12. The Labute approximate surface area is 146 Å². The van der Waals surface area contributed by atoms with Gasteiger partial charge in [0.25, 0.3) is 0 Å². The molecule has 0 radical (unpaired) electrons. The Kier molecular flexibility index (Phi) is 5.81. The molecule has 0 saturated heterocycles. The van der Waals surface area contributed by atoms with Crippen molar-refractivity contribution in [1.82, 2.24) is 10.6 Å². The zero-order chi connectivity index (χ0) is 18.4. The number of ether oxygens (including phenoxy) is 2. The molecule has 1 aromatic rings. The zero-order valence-electron chi connectivity index (χ0n) is 14.4. The Morgan fingerprint density at radius 2 is 2.20 bits per heavy atom. The number of aliphatic hydroxyl groups excluding tert-OH is 1. The van der Waals surface area contributed by atoms with E-state index in [1.165, 1.54) is 0 Å². The first kappa shape index (κ1) is 18.5. The molecule has 1 aromatic carbocycles. The molecule has 0 unspecified atom stereocenters. The van der Waals surface area contributed by atoms with Gasteiger partial charge in [-0.25, -0.2) is 0 Å². The normalized spacial score (nSPS) is 21.3. The van der Waals surface area contributed by atoms with E-state index in [0.717, 1.165) is 0 Å². The van der Waals surface area contributed by atoms with Crippen molar-refractivity contribution in [2.24, 2.45) is 4.99 Å². The summed E-state index contributed by atoms with van der Waals surface area (Å²) in [4.78, 5) is 3.72. The minimum Gasteiger partial charge on any atom is -0.485 e. The van der Waals surface area contributed by atoms with Crippen LogP contribution in [0.15, 0.2) is 23.2 Å². The lowest BCUT2D eigenvalue weighted by atomic mass is 9.86. The third-order valence-electron chi connectivity index (χ3n) is 3.93. The zero-order valence-corrected chi connectivity index (χ0v) is 14.4. The topological polar surface area (TPSA) is 123 Å². The first-order chi connectivity index (χ1) is 11.9.